The number of rotatable bonds is 7. The van der Waals surface area contributed by atoms with E-state index in [9.17, 15) is 13.2 Å². The second kappa shape index (κ2) is 10.1. The maximum atomic E-state index is 11.7. The minimum Gasteiger partial charge on any atom is -0.459 e. The lowest BCUT2D eigenvalue weighted by atomic mass is 9.86. The van der Waals surface area contributed by atoms with E-state index in [2.05, 4.69) is 21.3 Å². The molecule has 0 aromatic rings. The standard InChI is InChI=1S/C18H31NO5S/c1-18(2,3)24-17(20)14-19-16-11-9-15(10-12-16)8-6-5-7-13-23-25(4,21)22/h15-16,19H,5,7,9-14H2,1-4H3. The van der Waals surface area contributed by atoms with Crippen LogP contribution in [0.25, 0.3) is 0 Å². The molecule has 0 atom stereocenters. The van der Waals surface area contributed by atoms with E-state index in [0.29, 0.717) is 24.8 Å². The van der Waals surface area contributed by atoms with Crippen molar-refractivity contribution in [1.29, 1.82) is 0 Å². The van der Waals surface area contributed by atoms with E-state index < -0.39 is 15.7 Å². The van der Waals surface area contributed by atoms with Crippen molar-refractivity contribution in [2.24, 2.45) is 5.92 Å². The van der Waals surface area contributed by atoms with Crippen molar-refractivity contribution in [3.05, 3.63) is 0 Å². The third-order valence-electron chi connectivity index (χ3n) is 3.73. The van der Waals surface area contributed by atoms with Crippen LogP contribution in [-0.4, -0.2) is 45.4 Å². The summed E-state index contributed by atoms with van der Waals surface area (Å²) in [7, 11) is -3.35. The highest BCUT2D eigenvalue weighted by Crippen LogP contribution is 2.23. The summed E-state index contributed by atoms with van der Waals surface area (Å²) in [4.78, 5) is 11.7. The van der Waals surface area contributed by atoms with Crippen LogP contribution < -0.4 is 5.32 Å². The summed E-state index contributed by atoms with van der Waals surface area (Å²) < 4.78 is 31.6. The third kappa shape index (κ3) is 12.0. The fourth-order valence-electron chi connectivity index (χ4n) is 2.63. The van der Waals surface area contributed by atoms with Gasteiger partial charge in [0.2, 0.25) is 0 Å². The second-order valence-corrected chi connectivity index (χ2v) is 9.11. The largest absolute Gasteiger partial charge is 0.459 e. The molecule has 0 amide bonds. The Labute approximate surface area is 152 Å². The first-order valence-corrected chi connectivity index (χ1v) is 10.6. The zero-order valence-corrected chi connectivity index (χ0v) is 16.6. The molecule has 1 N–H and O–H groups in total. The molecule has 7 heteroatoms. The Hall–Kier alpha value is -1.10. The Morgan fingerprint density at radius 3 is 2.40 bits per heavy atom. The number of carbonyl (C=O) groups excluding carboxylic acids is 1. The molecule has 1 rings (SSSR count). The Kier molecular flexibility index (Phi) is 8.91. The zero-order valence-electron chi connectivity index (χ0n) is 15.8. The smallest absolute Gasteiger partial charge is 0.320 e. The van der Waals surface area contributed by atoms with E-state index in [4.69, 9.17) is 4.74 Å². The summed E-state index contributed by atoms with van der Waals surface area (Å²) in [5.41, 5.74) is -0.446. The number of hydrogen-bond acceptors (Lipinski definition) is 6. The molecule has 0 radical (unpaired) electrons. The van der Waals surface area contributed by atoms with E-state index in [1.165, 1.54) is 0 Å². The number of unbranched alkanes of at least 4 members (excludes halogenated alkanes) is 1. The van der Waals surface area contributed by atoms with Gasteiger partial charge in [-0.2, -0.15) is 8.42 Å². The summed E-state index contributed by atoms with van der Waals surface area (Å²) in [6, 6.07) is 0.341. The lowest BCUT2D eigenvalue weighted by molar-refractivity contribution is -0.153. The summed E-state index contributed by atoms with van der Waals surface area (Å²) in [6.07, 6.45) is 6.34. The van der Waals surface area contributed by atoms with Crippen molar-refractivity contribution in [1.82, 2.24) is 5.32 Å². The molecule has 0 aliphatic heterocycles. The SMILES string of the molecule is CC(C)(C)OC(=O)CNC1CCC(C#CCCCOS(C)(=O)=O)CC1. The average molecular weight is 374 g/mol. The molecule has 0 aromatic heterocycles. The van der Waals surface area contributed by atoms with Gasteiger partial charge in [0.05, 0.1) is 19.4 Å². The van der Waals surface area contributed by atoms with Crippen LogP contribution >= 0.6 is 0 Å². The van der Waals surface area contributed by atoms with E-state index in [0.717, 1.165) is 31.9 Å². The molecule has 0 unspecified atom stereocenters. The molecule has 0 heterocycles. The van der Waals surface area contributed by atoms with Crippen LogP contribution in [0, 0.1) is 17.8 Å². The fraction of sp³-hybridized carbons (Fsp3) is 0.833. The maximum Gasteiger partial charge on any atom is 0.320 e. The van der Waals surface area contributed by atoms with Crippen molar-refractivity contribution >= 4 is 16.1 Å². The van der Waals surface area contributed by atoms with Gasteiger partial charge >= 0.3 is 5.97 Å². The molecular weight excluding hydrogens is 342 g/mol. The minimum atomic E-state index is -3.35. The van der Waals surface area contributed by atoms with Gasteiger partial charge in [-0.15, -0.1) is 5.92 Å². The molecule has 0 aromatic carbocycles. The van der Waals surface area contributed by atoms with E-state index in [1.807, 2.05) is 20.8 Å². The molecule has 1 aliphatic carbocycles. The number of nitrogens with one attached hydrogen (secondary N) is 1. The van der Waals surface area contributed by atoms with Gasteiger partial charge in [-0.1, -0.05) is 5.92 Å². The van der Waals surface area contributed by atoms with E-state index in [-0.39, 0.29) is 19.1 Å². The average Bonchev–Trinajstić information content (AvgIpc) is 2.47. The summed E-state index contributed by atoms with van der Waals surface area (Å²) >= 11 is 0. The molecule has 0 spiro atoms. The molecule has 0 saturated heterocycles. The van der Waals surface area contributed by atoms with Crippen molar-refractivity contribution in [2.45, 2.75) is 70.9 Å². The summed E-state index contributed by atoms with van der Waals surface area (Å²) in [5.74, 6) is 6.54. The van der Waals surface area contributed by atoms with Crippen LogP contribution in [0.1, 0.15) is 59.3 Å². The van der Waals surface area contributed by atoms with Gasteiger partial charge in [0.15, 0.2) is 0 Å². The first-order valence-electron chi connectivity index (χ1n) is 8.83. The summed E-state index contributed by atoms with van der Waals surface area (Å²) in [5, 5.41) is 3.27. The van der Waals surface area contributed by atoms with Gasteiger partial charge in [-0.25, -0.2) is 0 Å². The Bertz CT molecular complexity index is 575. The van der Waals surface area contributed by atoms with E-state index in [1.54, 1.807) is 0 Å². The molecule has 1 aliphatic rings. The summed E-state index contributed by atoms with van der Waals surface area (Å²) in [6.45, 7) is 6.03. The number of hydrogen-bond donors (Lipinski definition) is 1. The number of ether oxygens (including phenoxy) is 1. The fourth-order valence-corrected chi connectivity index (χ4v) is 3.06. The van der Waals surface area contributed by atoms with Crippen molar-refractivity contribution in [3.8, 4) is 11.8 Å². The maximum absolute atomic E-state index is 11.7. The van der Waals surface area contributed by atoms with Crippen molar-refractivity contribution in [2.75, 3.05) is 19.4 Å². The molecule has 1 fully saturated rings. The molecule has 1 saturated carbocycles. The highest BCUT2D eigenvalue weighted by atomic mass is 32.2. The van der Waals surface area contributed by atoms with Crippen molar-refractivity contribution < 1.29 is 22.1 Å². The molecule has 6 nitrogen and oxygen atoms in total. The first kappa shape index (κ1) is 21.9. The molecule has 25 heavy (non-hydrogen) atoms. The molecule has 144 valence electrons. The monoisotopic (exact) mass is 373 g/mol. The number of esters is 1. The topological polar surface area (TPSA) is 81.7 Å². The highest BCUT2D eigenvalue weighted by Gasteiger charge is 2.21. The van der Waals surface area contributed by atoms with Gasteiger partial charge in [0.25, 0.3) is 10.1 Å². The lowest BCUT2D eigenvalue weighted by Crippen LogP contribution is -2.39. The van der Waals surface area contributed by atoms with Gasteiger partial charge in [0.1, 0.15) is 5.60 Å². The van der Waals surface area contributed by atoms with Gasteiger partial charge in [0, 0.05) is 18.4 Å². The quantitative estimate of drug-likeness (QED) is 0.319. The van der Waals surface area contributed by atoms with Crippen LogP contribution in [0.3, 0.4) is 0 Å². The second-order valence-electron chi connectivity index (χ2n) is 7.47. The van der Waals surface area contributed by atoms with E-state index >= 15 is 0 Å². The highest BCUT2D eigenvalue weighted by molar-refractivity contribution is 7.85. The van der Waals surface area contributed by atoms with Gasteiger partial charge in [-0.05, 0) is 52.9 Å². The normalized spacial score (nSPS) is 21.3. The van der Waals surface area contributed by atoms with Crippen LogP contribution in [0.5, 0.6) is 0 Å². The van der Waals surface area contributed by atoms with Crippen LogP contribution in [0.15, 0.2) is 0 Å². The Balaban J connectivity index is 2.16. The molecule has 0 bridgehead atoms. The van der Waals surface area contributed by atoms with Crippen LogP contribution in [-0.2, 0) is 23.8 Å². The van der Waals surface area contributed by atoms with Crippen molar-refractivity contribution in [3.63, 3.8) is 0 Å². The third-order valence-corrected chi connectivity index (χ3v) is 4.33. The predicted molar refractivity (Wildman–Crippen MR) is 97.4 cm³/mol. The van der Waals surface area contributed by atoms with Crippen LogP contribution in [0.2, 0.25) is 0 Å². The number of carbonyl (C=O) groups is 1. The van der Waals surface area contributed by atoms with Crippen LogP contribution in [0.4, 0.5) is 0 Å². The Morgan fingerprint density at radius 2 is 1.84 bits per heavy atom. The molecular formula is C18H31NO5S. The van der Waals surface area contributed by atoms with Gasteiger partial charge < -0.3 is 10.1 Å². The van der Waals surface area contributed by atoms with Gasteiger partial charge in [-0.3, -0.25) is 8.98 Å². The lowest BCUT2D eigenvalue weighted by Gasteiger charge is -2.27. The predicted octanol–water partition coefficient (Wildman–Crippen LogP) is 2.24. The minimum absolute atomic E-state index is 0.189. The first-order chi connectivity index (χ1) is 11.6. The zero-order chi connectivity index (χ0) is 18.9. The Morgan fingerprint density at radius 1 is 1.20 bits per heavy atom.